The van der Waals surface area contributed by atoms with Crippen molar-refractivity contribution in [3.05, 3.63) is 71.4 Å². The zero-order valence-corrected chi connectivity index (χ0v) is 18.7. The number of nitrogens with zero attached hydrogens (tertiary/aromatic N) is 2. The summed E-state index contributed by atoms with van der Waals surface area (Å²) in [7, 11) is 2.94. The Bertz CT molecular complexity index is 1150. The Hall–Kier alpha value is -3.69. The third-order valence-electron chi connectivity index (χ3n) is 5.84. The van der Waals surface area contributed by atoms with Crippen LogP contribution in [-0.4, -0.2) is 42.6 Å². The van der Waals surface area contributed by atoms with Crippen molar-refractivity contribution in [2.75, 3.05) is 26.1 Å². The number of anilines is 1. The van der Waals surface area contributed by atoms with E-state index in [2.05, 4.69) is 15.7 Å². The molecular formula is C24H25F3N4O3. The highest BCUT2D eigenvalue weighted by Crippen LogP contribution is 2.45. The van der Waals surface area contributed by atoms with Crippen molar-refractivity contribution < 1.29 is 27.4 Å². The summed E-state index contributed by atoms with van der Waals surface area (Å²) in [6.07, 6.45) is -3.06. The molecule has 34 heavy (non-hydrogen) atoms. The molecular weight excluding hydrogens is 449 g/mol. The number of hydrogen-bond acceptors (Lipinski definition) is 5. The maximum Gasteiger partial charge on any atom is 0.410 e. The van der Waals surface area contributed by atoms with Crippen molar-refractivity contribution in [2.45, 2.75) is 31.1 Å². The fourth-order valence-corrected chi connectivity index (χ4v) is 4.08. The minimum Gasteiger partial charge on any atom is -0.493 e. The van der Waals surface area contributed by atoms with E-state index in [9.17, 15) is 18.0 Å². The van der Waals surface area contributed by atoms with Gasteiger partial charge in [0.15, 0.2) is 17.5 Å². The van der Waals surface area contributed by atoms with Gasteiger partial charge in [0.1, 0.15) is 11.4 Å². The van der Waals surface area contributed by atoms with E-state index in [1.807, 2.05) is 30.3 Å². The Morgan fingerprint density at radius 1 is 1.15 bits per heavy atom. The smallest absolute Gasteiger partial charge is 0.410 e. The fourth-order valence-electron chi connectivity index (χ4n) is 4.08. The third-order valence-corrected chi connectivity index (χ3v) is 5.84. The van der Waals surface area contributed by atoms with Crippen LogP contribution in [0.4, 0.5) is 19.0 Å². The van der Waals surface area contributed by atoms with E-state index in [0.29, 0.717) is 30.0 Å². The van der Waals surface area contributed by atoms with Crippen molar-refractivity contribution in [1.82, 2.24) is 15.1 Å². The summed E-state index contributed by atoms with van der Waals surface area (Å²) in [5.74, 6) is 0.422. The molecule has 3 aromatic rings. The van der Waals surface area contributed by atoms with E-state index in [-0.39, 0.29) is 17.8 Å². The molecule has 2 atom stereocenters. The first-order valence-corrected chi connectivity index (χ1v) is 10.8. The van der Waals surface area contributed by atoms with Gasteiger partial charge in [0, 0.05) is 13.0 Å². The molecule has 0 spiro atoms. The van der Waals surface area contributed by atoms with Gasteiger partial charge in [-0.15, -0.1) is 0 Å². The molecule has 0 bridgehead atoms. The molecule has 10 heteroatoms. The van der Waals surface area contributed by atoms with Gasteiger partial charge in [0.25, 0.3) is 5.91 Å². The average molecular weight is 474 g/mol. The van der Waals surface area contributed by atoms with Crippen LogP contribution in [0.15, 0.2) is 54.7 Å². The van der Waals surface area contributed by atoms with E-state index in [0.717, 1.165) is 10.2 Å². The number of halogens is 3. The number of rotatable bonds is 7. The van der Waals surface area contributed by atoms with Gasteiger partial charge in [0.2, 0.25) is 0 Å². The number of benzene rings is 2. The van der Waals surface area contributed by atoms with Crippen LogP contribution in [0.2, 0.25) is 0 Å². The Morgan fingerprint density at radius 3 is 2.56 bits per heavy atom. The predicted molar refractivity (Wildman–Crippen MR) is 120 cm³/mol. The van der Waals surface area contributed by atoms with Crippen LogP contribution in [-0.2, 0) is 6.42 Å². The number of alkyl halides is 3. The first kappa shape index (κ1) is 23.5. The van der Waals surface area contributed by atoms with Gasteiger partial charge in [-0.05, 0) is 29.7 Å². The molecule has 0 fully saturated rings. The molecule has 2 aromatic carbocycles. The van der Waals surface area contributed by atoms with Gasteiger partial charge in [-0.1, -0.05) is 36.4 Å². The lowest BCUT2D eigenvalue weighted by Crippen LogP contribution is -2.36. The number of hydrogen-bond donors (Lipinski definition) is 2. The molecule has 0 saturated heterocycles. The second-order valence-corrected chi connectivity index (χ2v) is 7.95. The van der Waals surface area contributed by atoms with Gasteiger partial charge in [0.05, 0.1) is 26.5 Å². The molecule has 1 aliphatic rings. The molecule has 2 heterocycles. The molecule has 0 aliphatic carbocycles. The van der Waals surface area contributed by atoms with Gasteiger partial charge >= 0.3 is 6.18 Å². The van der Waals surface area contributed by atoms with Gasteiger partial charge < -0.3 is 20.1 Å². The Morgan fingerprint density at radius 2 is 1.88 bits per heavy atom. The average Bonchev–Trinajstić information content (AvgIpc) is 3.27. The highest BCUT2D eigenvalue weighted by atomic mass is 19.4. The molecule has 1 amide bonds. The molecule has 180 valence electrons. The fraction of sp³-hybridized carbons (Fsp3) is 0.333. The predicted octanol–water partition coefficient (Wildman–Crippen LogP) is 4.53. The van der Waals surface area contributed by atoms with Crippen molar-refractivity contribution in [3.63, 3.8) is 0 Å². The summed E-state index contributed by atoms with van der Waals surface area (Å²) in [6, 6.07) is 11.9. The summed E-state index contributed by atoms with van der Waals surface area (Å²) < 4.78 is 53.2. The molecule has 0 unspecified atom stereocenters. The molecule has 2 N–H and O–H groups in total. The molecule has 4 rings (SSSR count). The number of nitrogens with one attached hydrogen (secondary N) is 2. The monoisotopic (exact) mass is 474 g/mol. The van der Waals surface area contributed by atoms with E-state index >= 15 is 0 Å². The van der Waals surface area contributed by atoms with E-state index in [1.54, 1.807) is 18.2 Å². The zero-order chi connectivity index (χ0) is 24.3. The summed E-state index contributed by atoms with van der Waals surface area (Å²) in [5, 5.41) is 9.77. The SMILES string of the molecule is COc1ccc([C@H]2C[C@@H](C(F)(F)F)n3ncc(C(=O)NCCc4ccccc4)c3N2)cc1OC. The first-order chi connectivity index (χ1) is 16.3. The van der Waals surface area contributed by atoms with Crippen LogP contribution in [0.3, 0.4) is 0 Å². The van der Waals surface area contributed by atoms with Gasteiger partial charge in [-0.3, -0.25) is 4.79 Å². The number of ether oxygens (including phenoxy) is 2. The summed E-state index contributed by atoms with van der Waals surface area (Å²) in [6.45, 7) is 0.343. The molecule has 0 radical (unpaired) electrons. The number of methoxy groups -OCH3 is 2. The largest absolute Gasteiger partial charge is 0.493 e. The second-order valence-electron chi connectivity index (χ2n) is 7.95. The normalized spacial score (nSPS) is 17.4. The van der Waals surface area contributed by atoms with Gasteiger partial charge in [-0.2, -0.15) is 18.3 Å². The summed E-state index contributed by atoms with van der Waals surface area (Å²) >= 11 is 0. The Balaban J connectivity index is 1.59. The van der Waals surface area contributed by atoms with Crippen LogP contribution >= 0.6 is 0 Å². The van der Waals surface area contributed by atoms with Crippen LogP contribution in [0.5, 0.6) is 11.5 Å². The lowest BCUT2D eigenvalue weighted by atomic mass is 9.96. The van der Waals surface area contributed by atoms with Crippen LogP contribution in [0, 0.1) is 0 Å². The van der Waals surface area contributed by atoms with Gasteiger partial charge in [-0.25, -0.2) is 4.68 Å². The number of carbonyl (C=O) groups is 1. The lowest BCUT2D eigenvalue weighted by Gasteiger charge is -2.34. The molecule has 1 aromatic heterocycles. The number of aromatic nitrogens is 2. The quantitative estimate of drug-likeness (QED) is 0.526. The van der Waals surface area contributed by atoms with E-state index in [4.69, 9.17) is 9.47 Å². The highest BCUT2D eigenvalue weighted by Gasteiger charge is 2.47. The molecule has 7 nitrogen and oxygen atoms in total. The van der Waals surface area contributed by atoms with Crippen molar-refractivity contribution in [1.29, 1.82) is 0 Å². The molecule has 0 saturated carbocycles. The van der Waals surface area contributed by atoms with Crippen LogP contribution in [0.1, 0.15) is 40.0 Å². The topological polar surface area (TPSA) is 77.4 Å². The first-order valence-electron chi connectivity index (χ1n) is 10.8. The van der Waals surface area contributed by atoms with E-state index < -0.39 is 24.2 Å². The maximum atomic E-state index is 13.9. The Kier molecular flexibility index (Phi) is 6.67. The highest BCUT2D eigenvalue weighted by molar-refractivity contribution is 5.98. The second kappa shape index (κ2) is 9.66. The third kappa shape index (κ3) is 4.80. The minimum absolute atomic E-state index is 0.0329. The standard InChI is InChI=1S/C24H25F3N4O3/c1-33-19-9-8-16(12-20(19)34-2)18-13-21(24(25,26)27)31-22(30-18)17(14-29-31)23(32)28-11-10-15-6-4-3-5-7-15/h3-9,12,14,18,21,30H,10-11,13H2,1-2H3,(H,28,32)/t18-,21+/m1/s1. The lowest BCUT2D eigenvalue weighted by molar-refractivity contribution is -0.173. The minimum atomic E-state index is -4.54. The van der Waals surface area contributed by atoms with Crippen molar-refractivity contribution >= 4 is 11.7 Å². The number of carbonyl (C=O) groups excluding carboxylic acids is 1. The van der Waals surface area contributed by atoms with Crippen LogP contribution < -0.4 is 20.1 Å². The van der Waals surface area contributed by atoms with Crippen molar-refractivity contribution in [3.8, 4) is 11.5 Å². The summed E-state index contributed by atoms with van der Waals surface area (Å²) in [5.41, 5.74) is 1.69. The van der Waals surface area contributed by atoms with E-state index in [1.165, 1.54) is 20.4 Å². The molecule has 1 aliphatic heterocycles. The number of fused-ring (bicyclic) bond motifs is 1. The van der Waals surface area contributed by atoms with Crippen molar-refractivity contribution in [2.24, 2.45) is 0 Å². The van der Waals surface area contributed by atoms with Crippen LogP contribution in [0.25, 0.3) is 0 Å². The summed E-state index contributed by atoms with van der Waals surface area (Å²) in [4.78, 5) is 12.8. The maximum absolute atomic E-state index is 13.9. The Labute approximate surface area is 194 Å². The number of amides is 1. The zero-order valence-electron chi connectivity index (χ0n) is 18.7.